The zero-order valence-electron chi connectivity index (χ0n) is 11.9. The van der Waals surface area contributed by atoms with Crippen molar-refractivity contribution < 1.29 is 9.90 Å². The van der Waals surface area contributed by atoms with Crippen molar-refractivity contribution in [2.45, 2.75) is 38.3 Å². The Hall–Kier alpha value is -0.770. The summed E-state index contributed by atoms with van der Waals surface area (Å²) in [5.74, 6) is 0.0944. The van der Waals surface area contributed by atoms with Crippen molar-refractivity contribution >= 4 is 29.2 Å². The van der Waals surface area contributed by atoms with E-state index in [2.05, 4.69) is 4.90 Å². The van der Waals surface area contributed by atoms with Gasteiger partial charge in [-0.15, -0.1) is 0 Å². The van der Waals surface area contributed by atoms with Crippen molar-refractivity contribution in [3.8, 4) is 0 Å². The van der Waals surface area contributed by atoms with Crippen LogP contribution in [0.5, 0.6) is 0 Å². The van der Waals surface area contributed by atoms with Crippen LogP contribution in [0.25, 0.3) is 0 Å². The first-order valence-corrected chi connectivity index (χ1v) is 8.18. The van der Waals surface area contributed by atoms with E-state index in [-0.39, 0.29) is 18.0 Å². The molecule has 4 unspecified atom stereocenters. The van der Waals surface area contributed by atoms with Gasteiger partial charge in [0, 0.05) is 22.6 Å². The molecule has 21 heavy (non-hydrogen) atoms. The summed E-state index contributed by atoms with van der Waals surface area (Å²) < 4.78 is 0. The Balaban J connectivity index is 1.89. The molecule has 0 amide bonds. The minimum absolute atomic E-state index is 0.0125. The lowest BCUT2D eigenvalue weighted by molar-refractivity contribution is -0.144. The van der Waals surface area contributed by atoms with Gasteiger partial charge in [-0.05, 0) is 49.3 Å². The number of halogens is 2. The van der Waals surface area contributed by atoms with E-state index in [0.29, 0.717) is 16.0 Å². The predicted molar refractivity (Wildman–Crippen MR) is 83.8 cm³/mol. The summed E-state index contributed by atoms with van der Waals surface area (Å²) in [6.07, 6.45) is 3.33. The molecule has 2 fully saturated rings. The molecular weight excluding hydrogens is 309 g/mol. The van der Waals surface area contributed by atoms with Crippen LogP contribution in [0.15, 0.2) is 18.2 Å². The Morgan fingerprint density at radius 2 is 2.14 bits per heavy atom. The van der Waals surface area contributed by atoms with Gasteiger partial charge in [0.05, 0.1) is 0 Å². The molecule has 1 saturated heterocycles. The second kappa shape index (κ2) is 5.79. The summed E-state index contributed by atoms with van der Waals surface area (Å²) in [5.41, 5.74) is 0.951. The number of carboxylic acid groups (broad SMARTS) is 1. The van der Waals surface area contributed by atoms with Gasteiger partial charge in [0.25, 0.3) is 0 Å². The number of hydrogen-bond acceptors (Lipinski definition) is 2. The number of carbonyl (C=O) groups is 1. The second-order valence-corrected chi connectivity index (χ2v) is 7.02. The zero-order valence-corrected chi connectivity index (χ0v) is 13.4. The number of aliphatic carboxylic acids is 1. The van der Waals surface area contributed by atoms with Crippen molar-refractivity contribution in [1.82, 2.24) is 4.90 Å². The van der Waals surface area contributed by atoms with Crippen LogP contribution in [0.4, 0.5) is 0 Å². The third-order valence-corrected chi connectivity index (χ3v) is 5.65. The van der Waals surface area contributed by atoms with Crippen LogP contribution < -0.4 is 0 Å². The van der Waals surface area contributed by atoms with Gasteiger partial charge in [-0.25, -0.2) is 0 Å². The summed E-state index contributed by atoms with van der Waals surface area (Å²) in [5, 5.41) is 10.9. The van der Waals surface area contributed by atoms with Crippen molar-refractivity contribution in [2.75, 3.05) is 6.54 Å². The first-order valence-electron chi connectivity index (χ1n) is 7.42. The van der Waals surface area contributed by atoms with E-state index in [9.17, 15) is 9.90 Å². The van der Waals surface area contributed by atoms with Crippen LogP contribution in [0.1, 0.15) is 37.8 Å². The fourth-order valence-electron chi connectivity index (χ4n) is 4.08. The lowest BCUT2D eigenvalue weighted by atomic mass is 9.94. The molecule has 3 nitrogen and oxygen atoms in total. The Morgan fingerprint density at radius 3 is 2.81 bits per heavy atom. The van der Waals surface area contributed by atoms with Crippen LogP contribution in [-0.2, 0) is 4.79 Å². The van der Waals surface area contributed by atoms with Gasteiger partial charge in [0.15, 0.2) is 0 Å². The summed E-state index contributed by atoms with van der Waals surface area (Å²) in [7, 11) is 0. The van der Waals surface area contributed by atoms with Crippen molar-refractivity contribution in [2.24, 2.45) is 11.8 Å². The average molecular weight is 328 g/mol. The normalized spacial score (nSPS) is 30.3. The highest BCUT2D eigenvalue weighted by molar-refractivity contribution is 6.35. The topological polar surface area (TPSA) is 40.5 Å². The van der Waals surface area contributed by atoms with Crippen LogP contribution in [0.3, 0.4) is 0 Å². The highest BCUT2D eigenvalue weighted by Crippen LogP contribution is 2.46. The van der Waals surface area contributed by atoms with Crippen LogP contribution in [-0.4, -0.2) is 28.6 Å². The number of nitrogens with zero attached hydrogens (tertiary/aromatic N) is 1. The molecule has 1 aromatic rings. The molecule has 1 aliphatic carbocycles. The molecular formula is C16H19Cl2NO2. The SMILES string of the molecule is CC(c1ccc(Cl)cc1Cl)N1CC2CCCC2C1C(=O)O. The van der Waals surface area contributed by atoms with E-state index >= 15 is 0 Å². The monoisotopic (exact) mass is 327 g/mol. The minimum Gasteiger partial charge on any atom is -0.480 e. The summed E-state index contributed by atoms with van der Waals surface area (Å²) in [6.45, 7) is 2.88. The smallest absolute Gasteiger partial charge is 0.321 e. The maximum Gasteiger partial charge on any atom is 0.321 e. The maximum atomic E-state index is 11.7. The molecule has 0 radical (unpaired) electrons. The van der Waals surface area contributed by atoms with E-state index in [0.717, 1.165) is 31.4 Å². The molecule has 0 aromatic heterocycles. The van der Waals surface area contributed by atoms with Gasteiger partial charge < -0.3 is 5.11 Å². The Bertz CT molecular complexity index is 563. The zero-order chi connectivity index (χ0) is 15.1. The first-order chi connectivity index (χ1) is 9.99. The third-order valence-electron chi connectivity index (χ3n) is 5.09. The molecule has 0 spiro atoms. The molecule has 4 atom stereocenters. The number of benzene rings is 1. The number of fused-ring (bicyclic) bond motifs is 1. The Morgan fingerprint density at radius 1 is 1.38 bits per heavy atom. The van der Waals surface area contributed by atoms with E-state index in [1.54, 1.807) is 6.07 Å². The van der Waals surface area contributed by atoms with Crippen LogP contribution in [0.2, 0.25) is 10.0 Å². The number of hydrogen-bond donors (Lipinski definition) is 1. The maximum absolute atomic E-state index is 11.7. The Kier molecular flexibility index (Phi) is 4.17. The highest BCUT2D eigenvalue weighted by atomic mass is 35.5. The molecule has 2 aliphatic rings. The van der Waals surface area contributed by atoms with Gasteiger partial charge >= 0.3 is 5.97 Å². The first kappa shape index (κ1) is 15.1. The molecule has 114 valence electrons. The fourth-order valence-corrected chi connectivity index (χ4v) is 4.65. The van der Waals surface area contributed by atoms with Gasteiger partial charge in [-0.3, -0.25) is 9.69 Å². The van der Waals surface area contributed by atoms with Crippen LogP contribution in [0, 0.1) is 11.8 Å². The molecule has 3 rings (SSSR count). The quantitative estimate of drug-likeness (QED) is 0.902. The van der Waals surface area contributed by atoms with Gasteiger partial charge in [0.2, 0.25) is 0 Å². The summed E-state index contributed by atoms with van der Waals surface area (Å²) in [6, 6.07) is 5.04. The van der Waals surface area contributed by atoms with Gasteiger partial charge in [-0.2, -0.15) is 0 Å². The number of likely N-dealkylation sites (tertiary alicyclic amines) is 1. The lowest BCUT2D eigenvalue weighted by Gasteiger charge is -2.31. The number of rotatable bonds is 3. The highest BCUT2D eigenvalue weighted by Gasteiger charge is 2.49. The minimum atomic E-state index is -0.707. The molecule has 1 saturated carbocycles. The molecule has 0 bridgehead atoms. The second-order valence-electron chi connectivity index (χ2n) is 6.18. The van der Waals surface area contributed by atoms with Gasteiger partial charge in [0.1, 0.15) is 6.04 Å². The lowest BCUT2D eigenvalue weighted by Crippen LogP contribution is -2.41. The number of carboxylic acids is 1. The van der Waals surface area contributed by atoms with Crippen LogP contribution >= 0.6 is 23.2 Å². The molecule has 1 heterocycles. The fraction of sp³-hybridized carbons (Fsp3) is 0.562. The Labute approximate surface area is 134 Å². The van der Waals surface area contributed by atoms with Crippen molar-refractivity contribution in [3.63, 3.8) is 0 Å². The summed E-state index contributed by atoms with van der Waals surface area (Å²) in [4.78, 5) is 13.8. The molecule has 1 N–H and O–H groups in total. The third kappa shape index (κ3) is 2.67. The summed E-state index contributed by atoms with van der Waals surface area (Å²) >= 11 is 12.2. The molecule has 1 aromatic carbocycles. The van der Waals surface area contributed by atoms with Crippen molar-refractivity contribution in [1.29, 1.82) is 0 Å². The average Bonchev–Trinajstić information content (AvgIpc) is 2.96. The van der Waals surface area contributed by atoms with E-state index in [1.165, 1.54) is 0 Å². The standard InChI is InChI=1S/C16H19Cl2NO2/c1-9(12-6-5-11(17)7-14(12)18)19-8-10-3-2-4-13(10)15(19)16(20)21/h5-7,9-10,13,15H,2-4,8H2,1H3,(H,20,21). The van der Waals surface area contributed by atoms with E-state index < -0.39 is 5.97 Å². The molecule has 5 heteroatoms. The van der Waals surface area contributed by atoms with Crippen molar-refractivity contribution in [3.05, 3.63) is 33.8 Å². The predicted octanol–water partition coefficient (Wildman–Crippen LogP) is 4.24. The van der Waals surface area contributed by atoms with E-state index in [4.69, 9.17) is 23.2 Å². The van der Waals surface area contributed by atoms with E-state index in [1.807, 2.05) is 19.1 Å². The molecule has 1 aliphatic heterocycles. The van der Waals surface area contributed by atoms with Gasteiger partial charge in [-0.1, -0.05) is 35.7 Å². The largest absolute Gasteiger partial charge is 0.480 e.